The van der Waals surface area contributed by atoms with E-state index in [4.69, 9.17) is 28.4 Å². The van der Waals surface area contributed by atoms with Crippen LogP contribution in [0.15, 0.2) is 98.1 Å². The Bertz CT molecular complexity index is 2260. The molecule has 3 aromatic rings. The van der Waals surface area contributed by atoms with Crippen LogP contribution in [0.5, 0.6) is 11.5 Å². The molecule has 0 unspecified atom stereocenters. The van der Waals surface area contributed by atoms with Gasteiger partial charge in [0.2, 0.25) is 0 Å². The van der Waals surface area contributed by atoms with Gasteiger partial charge < -0.3 is 28.4 Å². The van der Waals surface area contributed by atoms with Gasteiger partial charge in [-0.2, -0.15) is 0 Å². The van der Waals surface area contributed by atoms with E-state index in [2.05, 4.69) is 50.7 Å². The van der Waals surface area contributed by atoms with E-state index in [-0.39, 0.29) is 26.4 Å². The van der Waals surface area contributed by atoms with Gasteiger partial charge in [-0.1, -0.05) is 90.2 Å². The molecule has 0 amide bonds. The second kappa shape index (κ2) is 27.9. The minimum Gasteiger partial charge on any atom is -0.490 e. The van der Waals surface area contributed by atoms with E-state index in [1.165, 1.54) is 77.0 Å². The minimum atomic E-state index is -0.936. The van der Waals surface area contributed by atoms with Crippen LogP contribution in [0.1, 0.15) is 174 Å². The first-order valence-electron chi connectivity index (χ1n) is 27.7. The zero-order valence-electron chi connectivity index (χ0n) is 44.0. The van der Waals surface area contributed by atoms with Crippen molar-refractivity contribution in [1.29, 1.82) is 0 Å². The van der Waals surface area contributed by atoms with Gasteiger partial charge in [-0.05, 0) is 197 Å². The van der Waals surface area contributed by atoms with Crippen LogP contribution < -0.4 is 9.47 Å². The largest absolute Gasteiger partial charge is 0.490 e. The quantitative estimate of drug-likeness (QED) is 0.0355. The molecule has 4 saturated carbocycles. The molecule has 3 aromatic carbocycles. The molecule has 0 aliphatic heterocycles. The molecule has 4 aliphatic carbocycles. The Balaban J connectivity index is 1.04. The summed E-state index contributed by atoms with van der Waals surface area (Å²) in [6.07, 6.45) is 24.3. The van der Waals surface area contributed by atoms with E-state index in [0.29, 0.717) is 72.0 Å². The number of hydrogen-bond donors (Lipinski definition) is 0. The van der Waals surface area contributed by atoms with Gasteiger partial charge in [-0.3, -0.25) is 0 Å². The number of carbonyl (C=O) groups excluding carboxylic acids is 4. The first-order valence-corrected chi connectivity index (χ1v) is 27.7. The van der Waals surface area contributed by atoms with Gasteiger partial charge >= 0.3 is 23.9 Å². The maximum absolute atomic E-state index is 13.9. The van der Waals surface area contributed by atoms with Crippen molar-refractivity contribution in [3.8, 4) is 35.2 Å². The molecule has 0 spiro atoms. The molecule has 7 rings (SSSR count). The van der Waals surface area contributed by atoms with Crippen molar-refractivity contribution in [3.05, 3.63) is 120 Å². The highest BCUT2D eigenvalue weighted by atomic mass is 16.6. The van der Waals surface area contributed by atoms with Crippen molar-refractivity contribution in [2.45, 2.75) is 153 Å². The predicted molar refractivity (Wildman–Crippen MR) is 287 cm³/mol. The summed E-state index contributed by atoms with van der Waals surface area (Å²) in [7, 11) is 0. The molecule has 0 N–H and O–H groups in total. The molecule has 10 heteroatoms. The van der Waals surface area contributed by atoms with Crippen LogP contribution in [0, 0.1) is 59.2 Å². The Morgan fingerprint density at radius 2 is 0.824 bits per heavy atom. The molecule has 0 bridgehead atoms. The second-order valence-electron chi connectivity index (χ2n) is 21.1. The minimum absolute atomic E-state index is 0.0850. The normalized spacial score (nSPS) is 25.5. The molecule has 0 heterocycles. The lowest BCUT2D eigenvalue weighted by Gasteiger charge is -2.41. The van der Waals surface area contributed by atoms with Crippen LogP contribution in [0.25, 0.3) is 0 Å². The average Bonchev–Trinajstić information content (AvgIpc) is 3.43. The van der Waals surface area contributed by atoms with Gasteiger partial charge in [-0.25, -0.2) is 19.2 Å². The Morgan fingerprint density at radius 3 is 1.15 bits per heavy atom. The fraction of sp³-hybridized carbons (Fsp3) is 0.531. The summed E-state index contributed by atoms with van der Waals surface area (Å²) in [6.45, 7) is 11.9. The van der Waals surface area contributed by atoms with Crippen molar-refractivity contribution in [3.63, 3.8) is 0 Å². The Hall–Kier alpha value is -6.26. The van der Waals surface area contributed by atoms with E-state index in [9.17, 15) is 19.2 Å². The monoisotopic (exact) mass is 1010 g/mol. The first kappa shape index (κ1) is 55.5. The second-order valence-corrected chi connectivity index (χ2v) is 21.1. The Labute approximate surface area is 440 Å². The summed E-state index contributed by atoms with van der Waals surface area (Å²) in [6, 6.07) is 21.4. The van der Waals surface area contributed by atoms with Crippen LogP contribution in [0.4, 0.5) is 0 Å². The summed E-state index contributed by atoms with van der Waals surface area (Å²) in [5.74, 6) is 17.3. The van der Waals surface area contributed by atoms with E-state index < -0.39 is 35.1 Å². The van der Waals surface area contributed by atoms with Gasteiger partial charge in [0.25, 0.3) is 0 Å². The van der Waals surface area contributed by atoms with Gasteiger partial charge in [0.15, 0.2) is 11.2 Å². The molecule has 0 radical (unpaired) electrons. The Kier molecular flexibility index (Phi) is 20.9. The van der Waals surface area contributed by atoms with Crippen molar-refractivity contribution < 1.29 is 47.6 Å². The highest BCUT2D eigenvalue weighted by molar-refractivity contribution is 5.90. The van der Waals surface area contributed by atoms with Crippen LogP contribution >= 0.6 is 0 Å². The lowest BCUT2D eigenvalue weighted by molar-refractivity contribution is -0.139. The fourth-order valence-electron chi connectivity index (χ4n) is 12.0. The SMILES string of the molecule is C=CC(=O)OCCOc1ccc(C(=O)OC2(C#Cc3ccc(C#CC4(OC(=O)c5ccc(OCCOC(=O)C=C)cc5)CCC(C5CCC(CCC)CC5)CC4)cc3)CCC(C3CCC(CCC)CC3)CC2)cc1. The van der Waals surface area contributed by atoms with Crippen molar-refractivity contribution in [2.75, 3.05) is 26.4 Å². The van der Waals surface area contributed by atoms with E-state index in [1.807, 2.05) is 24.3 Å². The van der Waals surface area contributed by atoms with E-state index in [1.54, 1.807) is 48.5 Å². The fourth-order valence-corrected chi connectivity index (χ4v) is 12.0. The lowest BCUT2D eigenvalue weighted by atomic mass is 9.67. The maximum Gasteiger partial charge on any atom is 0.339 e. The van der Waals surface area contributed by atoms with Crippen molar-refractivity contribution >= 4 is 23.9 Å². The summed E-state index contributed by atoms with van der Waals surface area (Å²) >= 11 is 0. The van der Waals surface area contributed by atoms with Gasteiger partial charge in [0.1, 0.15) is 37.9 Å². The van der Waals surface area contributed by atoms with Gasteiger partial charge in [0.05, 0.1) is 11.1 Å². The number of hydrogen-bond acceptors (Lipinski definition) is 10. The summed E-state index contributed by atoms with van der Waals surface area (Å²) in [4.78, 5) is 50.5. The van der Waals surface area contributed by atoms with E-state index >= 15 is 0 Å². The molecular formula is C64H78O10. The molecule has 4 aliphatic rings. The zero-order chi connectivity index (χ0) is 52.2. The zero-order valence-corrected chi connectivity index (χ0v) is 44.0. The van der Waals surface area contributed by atoms with Crippen LogP contribution in [0.3, 0.4) is 0 Å². The smallest absolute Gasteiger partial charge is 0.339 e. The topological polar surface area (TPSA) is 124 Å². The maximum atomic E-state index is 13.9. The standard InChI is InChI=1S/C64H78O10/c1-5-9-47-15-19-51(20-16-47)53-33-39-63(40-34-53,73-61(67)55-23-27-57(28-24-55)69-43-45-71-59(65)7-3)37-31-49-11-13-50(14-12-49)32-38-64(41-35-54(36-42-64)52-21-17-48(10-6-2)18-22-52)74-62(68)56-25-29-58(30-26-56)70-44-46-72-60(66)8-4/h7-8,11-14,23-30,47-48,51-54H,3-6,9-10,15-22,33-36,39-46H2,1-2H3. The van der Waals surface area contributed by atoms with Crippen LogP contribution in [-0.4, -0.2) is 61.5 Å². The molecule has 4 fully saturated rings. The van der Waals surface area contributed by atoms with E-state index in [0.717, 1.165) is 60.8 Å². The average molecular weight is 1010 g/mol. The lowest BCUT2D eigenvalue weighted by Crippen LogP contribution is -2.40. The molecule has 74 heavy (non-hydrogen) atoms. The number of rotatable bonds is 20. The molecule has 0 aromatic heterocycles. The molecule has 10 nitrogen and oxygen atoms in total. The highest BCUT2D eigenvalue weighted by Gasteiger charge is 2.42. The highest BCUT2D eigenvalue weighted by Crippen LogP contribution is 2.46. The van der Waals surface area contributed by atoms with Gasteiger partial charge in [0, 0.05) is 23.3 Å². The number of carbonyl (C=O) groups is 4. The predicted octanol–water partition coefficient (Wildman–Crippen LogP) is 13.4. The molecule has 0 atom stereocenters. The molecule has 394 valence electrons. The molecular weight excluding hydrogens is 929 g/mol. The first-order chi connectivity index (χ1) is 36.0. The number of benzene rings is 3. The molecule has 0 saturated heterocycles. The van der Waals surface area contributed by atoms with Crippen LogP contribution in [0.2, 0.25) is 0 Å². The van der Waals surface area contributed by atoms with Crippen molar-refractivity contribution in [1.82, 2.24) is 0 Å². The number of ether oxygens (including phenoxy) is 6. The third-order valence-corrected chi connectivity index (χ3v) is 16.2. The van der Waals surface area contributed by atoms with Crippen LogP contribution in [-0.2, 0) is 28.5 Å². The van der Waals surface area contributed by atoms with Crippen molar-refractivity contribution in [2.24, 2.45) is 35.5 Å². The third-order valence-electron chi connectivity index (χ3n) is 16.2. The summed E-state index contributed by atoms with van der Waals surface area (Å²) < 4.78 is 34.3. The number of esters is 4. The Morgan fingerprint density at radius 1 is 0.486 bits per heavy atom. The van der Waals surface area contributed by atoms with Gasteiger partial charge in [-0.15, -0.1) is 0 Å². The third kappa shape index (κ3) is 16.4. The summed E-state index contributed by atoms with van der Waals surface area (Å²) in [5, 5.41) is 0. The summed E-state index contributed by atoms with van der Waals surface area (Å²) in [5.41, 5.74) is 0.537.